The van der Waals surface area contributed by atoms with Crippen LogP contribution >= 0.6 is 0 Å². The van der Waals surface area contributed by atoms with Gasteiger partial charge in [-0.2, -0.15) is 0 Å². The van der Waals surface area contributed by atoms with Gasteiger partial charge in [0.1, 0.15) is 11.6 Å². The molecule has 0 saturated heterocycles. The van der Waals surface area contributed by atoms with Crippen molar-refractivity contribution in [3.63, 3.8) is 0 Å². The minimum atomic E-state index is -0.345. The molecule has 3 aromatic rings. The highest BCUT2D eigenvalue weighted by Gasteiger charge is 2.49. The van der Waals surface area contributed by atoms with Gasteiger partial charge in [-0.3, -0.25) is 9.59 Å². The van der Waals surface area contributed by atoms with Crippen molar-refractivity contribution in [1.29, 1.82) is 0 Å². The lowest BCUT2D eigenvalue weighted by Crippen LogP contribution is -2.18. The van der Waals surface area contributed by atoms with E-state index in [0.29, 0.717) is 12.2 Å². The number of anilines is 1. The van der Waals surface area contributed by atoms with Crippen molar-refractivity contribution >= 4 is 28.6 Å². The first-order valence-electron chi connectivity index (χ1n) is 9.01. The number of aryl methyl sites for hydroxylation is 1. The van der Waals surface area contributed by atoms with E-state index in [0.717, 1.165) is 27.9 Å². The Bertz CT molecular complexity index is 1080. The molecule has 1 amide bonds. The van der Waals surface area contributed by atoms with E-state index in [2.05, 4.69) is 10.3 Å². The van der Waals surface area contributed by atoms with Crippen LogP contribution in [0.25, 0.3) is 22.2 Å². The monoisotopic (exact) mass is 381 g/mol. The number of amides is 1. The second kappa shape index (κ2) is 6.99. The Morgan fingerprint density at radius 2 is 2.00 bits per heavy atom. The highest BCUT2D eigenvalue weighted by atomic mass is 16.5. The van der Waals surface area contributed by atoms with Crippen LogP contribution in [-0.4, -0.2) is 35.6 Å². The summed E-state index contributed by atoms with van der Waals surface area (Å²) < 4.78 is 12.2. The standard InChI is InChI=1S/C21H21N3O4.H2/c1-24-16(13-6-4-5-7-18(13)27-2)8-12-9-19(22-11-17(12)24)23-20(25)14-10-15(14)21(26)28-3;/h4-9,11,14-15H,10H2,1-3H3,(H,22,23,25);1H/t14?,15-;/m1./s1. The molecule has 1 aliphatic rings. The summed E-state index contributed by atoms with van der Waals surface area (Å²) in [5.41, 5.74) is 2.91. The van der Waals surface area contributed by atoms with Crippen LogP contribution in [0.4, 0.5) is 5.82 Å². The number of pyridine rings is 1. The van der Waals surface area contributed by atoms with Gasteiger partial charge < -0.3 is 19.4 Å². The van der Waals surface area contributed by atoms with E-state index >= 15 is 0 Å². The Kier molecular flexibility index (Phi) is 4.50. The lowest BCUT2D eigenvalue weighted by molar-refractivity contribution is -0.143. The van der Waals surface area contributed by atoms with Gasteiger partial charge in [-0.1, -0.05) is 12.1 Å². The normalized spacial score (nSPS) is 18.0. The zero-order valence-corrected chi connectivity index (χ0v) is 15.9. The number of aromatic nitrogens is 2. The van der Waals surface area contributed by atoms with Gasteiger partial charge in [0, 0.05) is 19.4 Å². The number of para-hydroxylation sites is 1. The number of ether oxygens (including phenoxy) is 2. The van der Waals surface area contributed by atoms with Crippen molar-refractivity contribution in [2.24, 2.45) is 18.9 Å². The number of fused-ring (bicyclic) bond motifs is 1. The molecule has 2 aromatic heterocycles. The van der Waals surface area contributed by atoms with E-state index in [9.17, 15) is 9.59 Å². The van der Waals surface area contributed by atoms with Gasteiger partial charge in [0.25, 0.3) is 0 Å². The minimum absolute atomic E-state index is 0. The predicted octanol–water partition coefficient (Wildman–Crippen LogP) is 3.24. The zero-order chi connectivity index (χ0) is 19.8. The highest BCUT2D eigenvalue weighted by Crippen LogP contribution is 2.40. The number of esters is 1. The third kappa shape index (κ3) is 3.09. The molecular formula is C21H23N3O4. The number of carbonyl (C=O) groups is 2. The van der Waals surface area contributed by atoms with Crippen LogP contribution in [0.15, 0.2) is 42.6 Å². The van der Waals surface area contributed by atoms with Gasteiger partial charge in [0.05, 0.1) is 43.5 Å². The van der Waals surface area contributed by atoms with Crippen molar-refractivity contribution in [2.45, 2.75) is 6.42 Å². The molecule has 1 aliphatic carbocycles. The van der Waals surface area contributed by atoms with Gasteiger partial charge in [0.15, 0.2) is 0 Å². The molecule has 0 bridgehead atoms. The molecule has 1 fully saturated rings. The maximum atomic E-state index is 12.3. The van der Waals surface area contributed by atoms with Crippen LogP contribution in [-0.2, 0) is 21.4 Å². The first kappa shape index (κ1) is 18.0. The van der Waals surface area contributed by atoms with Gasteiger partial charge >= 0.3 is 5.97 Å². The lowest BCUT2D eigenvalue weighted by Gasteiger charge is -2.09. The van der Waals surface area contributed by atoms with Crippen LogP contribution in [0.2, 0.25) is 0 Å². The number of rotatable bonds is 5. The van der Waals surface area contributed by atoms with Crippen molar-refractivity contribution in [2.75, 3.05) is 19.5 Å². The van der Waals surface area contributed by atoms with Crippen LogP contribution in [0.5, 0.6) is 5.75 Å². The summed E-state index contributed by atoms with van der Waals surface area (Å²) in [5.74, 6) is 0.0198. The van der Waals surface area contributed by atoms with Crippen LogP contribution < -0.4 is 10.1 Å². The second-order valence-electron chi connectivity index (χ2n) is 6.88. The van der Waals surface area contributed by atoms with Gasteiger partial charge in [0.2, 0.25) is 5.91 Å². The molecule has 1 saturated carbocycles. The summed E-state index contributed by atoms with van der Waals surface area (Å²) in [6.45, 7) is 0. The number of nitrogens with one attached hydrogen (secondary N) is 1. The molecule has 0 radical (unpaired) electrons. The number of carbonyl (C=O) groups excluding carboxylic acids is 2. The van der Waals surface area contributed by atoms with Gasteiger partial charge in [-0.25, -0.2) is 4.98 Å². The molecule has 1 N–H and O–H groups in total. The SMILES string of the molecule is COC(=O)[C@@H]1CC1C(=O)Nc1cc2cc(-c3ccccc3OC)n(C)c2cn1.[HH]. The Balaban J connectivity index is 0.00000240. The Hall–Kier alpha value is -3.35. The molecule has 28 heavy (non-hydrogen) atoms. The van der Waals surface area contributed by atoms with E-state index in [1.54, 1.807) is 13.3 Å². The number of hydrogen-bond acceptors (Lipinski definition) is 5. The molecule has 7 heteroatoms. The number of hydrogen-bond donors (Lipinski definition) is 1. The Morgan fingerprint density at radius 1 is 1.21 bits per heavy atom. The summed E-state index contributed by atoms with van der Waals surface area (Å²) in [7, 11) is 4.95. The van der Waals surface area contributed by atoms with Crippen molar-refractivity contribution < 1.29 is 20.5 Å². The van der Waals surface area contributed by atoms with E-state index < -0.39 is 0 Å². The van der Waals surface area contributed by atoms with Crippen molar-refractivity contribution in [1.82, 2.24) is 9.55 Å². The summed E-state index contributed by atoms with van der Waals surface area (Å²) in [6, 6.07) is 11.7. The van der Waals surface area contributed by atoms with E-state index in [4.69, 9.17) is 9.47 Å². The minimum Gasteiger partial charge on any atom is -0.496 e. The van der Waals surface area contributed by atoms with Crippen molar-refractivity contribution in [3.8, 4) is 17.0 Å². The van der Waals surface area contributed by atoms with Crippen LogP contribution in [0, 0.1) is 11.8 Å². The van der Waals surface area contributed by atoms with Crippen LogP contribution in [0.3, 0.4) is 0 Å². The molecular weight excluding hydrogens is 358 g/mol. The maximum absolute atomic E-state index is 12.3. The Morgan fingerprint density at radius 3 is 2.75 bits per heavy atom. The number of methoxy groups -OCH3 is 2. The lowest BCUT2D eigenvalue weighted by atomic mass is 10.1. The molecule has 146 valence electrons. The zero-order valence-electron chi connectivity index (χ0n) is 15.9. The van der Waals surface area contributed by atoms with Gasteiger partial charge in [-0.15, -0.1) is 0 Å². The second-order valence-corrected chi connectivity index (χ2v) is 6.88. The fourth-order valence-electron chi connectivity index (χ4n) is 3.53. The van der Waals surface area contributed by atoms with Crippen LogP contribution in [0.1, 0.15) is 7.85 Å². The molecule has 7 nitrogen and oxygen atoms in total. The maximum Gasteiger partial charge on any atom is 0.309 e. The smallest absolute Gasteiger partial charge is 0.309 e. The molecule has 1 aromatic carbocycles. The summed E-state index contributed by atoms with van der Waals surface area (Å²) in [5, 5.41) is 3.76. The highest BCUT2D eigenvalue weighted by molar-refractivity contribution is 5.99. The third-order valence-corrected chi connectivity index (χ3v) is 5.19. The first-order chi connectivity index (χ1) is 13.5. The Labute approximate surface area is 163 Å². The molecule has 4 rings (SSSR count). The van der Waals surface area contributed by atoms with Gasteiger partial charge in [-0.05, 0) is 30.7 Å². The number of nitrogens with zero attached hydrogens (tertiary/aromatic N) is 2. The van der Waals surface area contributed by atoms with E-state index in [1.165, 1.54) is 7.11 Å². The molecule has 0 spiro atoms. The average Bonchev–Trinajstić information content (AvgIpc) is 3.46. The quantitative estimate of drug-likeness (QED) is 0.686. The third-order valence-electron chi connectivity index (χ3n) is 5.19. The largest absolute Gasteiger partial charge is 0.496 e. The predicted molar refractivity (Wildman–Crippen MR) is 107 cm³/mol. The topological polar surface area (TPSA) is 82.5 Å². The summed E-state index contributed by atoms with van der Waals surface area (Å²) in [4.78, 5) is 28.2. The first-order valence-corrected chi connectivity index (χ1v) is 9.01. The summed E-state index contributed by atoms with van der Waals surface area (Å²) >= 11 is 0. The fourth-order valence-corrected chi connectivity index (χ4v) is 3.53. The summed E-state index contributed by atoms with van der Waals surface area (Å²) in [6.07, 6.45) is 2.25. The van der Waals surface area contributed by atoms with Crippen molar-refractivity contribution in [3.05, 3.63) is 42.6 Å². The number of benzene rings is 1. The van der Waals surface area contributed by atoms with E-state index in [1.807, 2.05) is 48.0 Å². The average molecular weight is 381 g/mol. The molecule has 2 atom stereocenters. The van der Waals surface area contributed by atoms with E-state index in [-0.39, 0.29) is 25.1 Å². The molecule has 2 heterocycles. The molecule has 1 unspecified atom stereocenters. The fraction of sp³-hybridized carbons (Fsp3) is 0.286. The molecule has 0 aliphatic heterocycles.